The lowest BCUT2D eigenvalue weighted by Gasteiger charge is -2.12. The minimum atomic E-state index is 0.267. The summed E-state index contributed by atoms with van der Waals surface area (Å²) in [6.07, 6.45) is 5.03. The number of fused-ring (bicyclic) bond motifs is 1. The standard InChI is InChI=1S/C15H19N3O/c1-2-8-18-9-7-16-15(18)10-17-13-11-19-14-6-4-3-5-12(13)14/h3-7,9,13,17H,2,8,10-11H2,1H3. The molecule has 0 saturated heterocycles. The molecule has 1 aliphatic rings. The van der Waals surface area contributed by atoms with Crippen molar-refractivity contribution in [2.24, 2.45) is 0 Å². The Morgan fingerprint density at radius 1 is 1.42 bits per heavy atom. The number of imidazole rings is 1. The van der Waals surface area contributed by atoms with Gasteiger partial charge in [-0.15, -0.1) is 0 Å². The summed E-state index contributed by atoms with van der Waals surface area (Å²) in [6, 6.07) is 8.48. The van der Waals surface area contributed by atoms with Crippen molar-refractivity contribution in [3.63, 3.8) is 0 Å². The van der Waals surface area contributed by atoms with E-state index in [2.05, 4.69) is 33.9 Å². The van der Waals surface area contributed by atoms with E-state index >= 15 is 0 Å². The van der Waals surface area contributed by atoms with Crippen molar-refractivity contribution >= 4 is 0 Å². The Labute approximate surface area is 113 Å². The van der Waals surface area contributed by atoms with Gasteiger partial charge in [-0.25, -0.2) is 4.98 Å². The summed E-state index contributed by atoms with van der Waals surface area (Å²) in [5.41, 5.74) is 1.25. The average Bonchev–Trinajstić information content (AvgIpc) is 3.04. The van der Waals surface area contributed by atoms with Crippen molar-refractivity contribution in [1.82, 2.24) is 14.9 Å². The number of hydrogen-bond acceptors (Lipinski definition) is 3. The molecule has 1 aliphatic heterocycles. The summed E-state index contributed by atoms with van der Waals surface area (Å²) in [4.78, 5) is 4.41. The van der Waals surface area contributed by atoms with Gasteiger partial charge in [-0.3, -0.25) is 5.32 Å². The molecule has 2 heterocycles. The monoisotopic (exact) mass is 257 g/mol. The lowest BCUT2D eigenvalue weighted by molar-refractivity contribution is 0.309. The number of rotatable bonds is 5. The van der Waals surface area contributed by atoms with Crippen LogP contribution in [0.1, 0.15) is 30.8 Å². The number of nitrogens with zero attached hydrogens (tertiary/aromatic N) is 2. The molecule has 0 fully saturated rings. The van der Waals surface area contributed by atoms with E-state index in [0.717, 1.165) is 31.1 Å². The van der Waals surface area contributed by atoms with Crippen LogP contribution in [0.5, 0.6) is 5.75 Å². The molecule has 0 aliphatic carbocycles. The Balaban J connectivity index is 1.66. The molecule has 2 aromatic rings. The van der Waals surface area contributed by atoms with Gasteiger partial charge in [0.25, 0.3) is 0 Å². The van der Waals surface area contributed by atoms with Gasteiger partial charge in [0.1, 0.15) is 18.2 Å². The van der Waals surface area contributed by atoms with E-state index in [1.54, 1.807) is 0 Å². The zero-order chi connectivity index (χ0) is 13.1. The lowest BCUT2D eigenvalue weighted by atomic mass is 10.1. The molecule has 1 N–H and O–H groups in total. The van der Waals surface area contributed by atoms with Crippen molar-refractivity contribution in [2.45, 2.75) is 32.5 Å². The summed E-state index contributed by atoms with van der Waals surface area (Å²) in [5, 5.41) is 3.53. The maximum Gasteiger partial charge on any atom is 0.124 e. The van der Waals surface area contributed by atoms with Crippen LogP contribution in [0.25, 0.3) is 0 Å². The lowest BCUT2D eigenvalue weighted by Crippen LogP contribution is -2.23. The second-order valence-corrected chi connectivity index (χ2v) is 4.82. The van der Waals surface area contributed by atoms with E-state index in [4.69, 9.17) is 4.74 Å². The molecule has 0 spiro atoms. The van der Waals surface area contributed by atoms with Crippen LogP contribution in [-0.4, -0.2) is 16.2 Å². The van der Waals surface area contributed by atoms with Gasteiger partial charge >= 0.3 is 0 Å². The van der Waals surface area contributed by atoms with Crippen molar-refractivity contribution in [3.8, 4) is 5.75 Å². The molecule has 1 atom stereocenters. The van der Waals surface area contributed by atoms with E-state index in [1.807, 2.05) is 24.5 Å². The molecule has 3 rings (SSSR count). The number of benzene rings is 1. The van der Waals surface area contributed by atoms with Gasteiger partial charge in [0, 0.05) is 24.5 Å². The summed E-state index contributed by atoms with van der Waals surface area (Å²) in [5.74, 6) is 2.09. The van der Waals surface area contributed by atoms with E-state index in [-0.39, 0.29) is 6.04 Å². The van der Waals surface area contributed by atoms with Gasteiger partial charge in [0.05, 0.1) is 12.6 Å². The predicted octanol–water partition coefficient (Wildman–Crippen LogP) is 2.52. The highest BCUT2D eigenvalue weighted by Crippen LogP contribution is 2.31. The fraction of sp³-hybridized carbons (Fsp3) is 0.400. The Hall–Kier alpha value is -1.81. The summed E-state index contributed by atoms with van der Waals surface area (Å²) >= 11 is 0. The van der Waals surface area contributed by atoms with Crippen LogP contribution >= 0.6 is 0 Å². The third kappa shape index (κ3) is 2.49. The normalized spacial score (nSPS) is 17.2. The van der Waals surface area contributed by atoms with Crippen LogP contribution in [0.3, 0.4) is 0 Å². The molecule has 1 unspecified atom stereocenters. The molecule has 1 aromatic heterocycles. The van der Waals surface area contributed by atoms with Crippen molar-refractivity contribution in [2.75, 3.05) is 6.61 Å². The number of aryl methyl sites for hydroxylation is 1. The van der Waals surface area contributed by atoms with E-state index in [9.17, 15) is 0 Å². The molecule has 100 valence electrons. The van der Waals surface area contributed by atoms with Crippen molar-refractivity contribution in [1.29, 1.82) is 0 Å². The molecule has 4 nitrogen and oxygen atoms in total. The highest BCUT2D eigenvalue weighted by molar-refractivity contribution is 5.39. The first-order valence-corrected chi connectivity index (χ1v) is 6.83. The van der Waals surface area contributed by atoms with Gasteiger partial charge in [0.2, 0.25) is 0 Å². The summed E-state index contributed by atoms with van der Waals surface area (Å²) < 4.78 is 7.87. The number of hydrogen-bond donors (Lipinski definition) is 1. The smallest absolute Gasteiger partial charge is 0.124 e. The van der Waals surface area contributed by atoms with E-state index in [1.165, 1.54) is 5.56 Å². The summed E-state index contributed by atoms with van der Waals surface area (Å²) in [6.45, 7) is 4.68. The zero-order valence-corrected chi connectivity index (χ0v) is 11.2. The van der Waals surface area contributed by atoms with Gasteiger partial charge in [-0.2, -0.15) is 0 Å². The van der Waals surface area contributed by atoms with Crippen LogP contribution in [0.4, 0.5) is 0 Å². The van der Waals surface area contributed by atoms with Crippen LogP contribution in [0.15, 0.2) is 36.7 Å². The van der Waals surface area contributed by atoms with Crippen LogP contribution in [-0.2, 0) is 13.1 Å². The number of aromatic nitrogens is 2. The zero-order valence-electron chi connectivity index (χ0n) is 11.2. The molecule has 1 aromatic carbocycles. The highest BCUT2D eigenvalue weighted by Gasteiger charge is 2.23. The van der Waals surface area contributed by atoms with E-state index in [0.29, 0.717) is 6.61 Å². The topological polar surface area (TPSA) is 39.1 Å². The Morgan fingerprint density at radius 2 is 2.32 bits per heavy atom. The fourth-order valence-electron chi connectivity index (χ4n) is 2.50. The third-order valence-electron chi connectivity index (χ3n) is 3.47. The van der Waals surface area contributed by atoms with Crippen LogP contribution in [0, 0.1) is 0 Å². The second-order valence-electron chi connectivity index (χ2n) is 4.82. The molecule has 0 radical (unpaired) electrons. The minimum absolute atomic E-state index is 0.267. The molecule has 0 amide bonds. The van der Waals surface area contributed by atoms with E-state index < -0.39 is 0 Å². The fourth-order valence-corrected chi connectivity index (χ4v) is 2.50. The number of nitrogens with one attached hydrogen (secondary N) is 1. The first-order chi connectivity index (χ1) is 9.38. The maximum absolute atomic E-state index is 5.67. The van der Waals surface area contributed by atoms with Crippen LogP contribution < -0.4 is 10.1 Å². The average molecular weight is 257 g/mol. The molecular formula is C15H19N3O. The van der Waals surface area contributed by atoms with Crippen molar-refractivity contribution in [3.05, 3.63) is 48.0 Å². The summed E-state index contributed by atoms with van der Waals surface area (Å²) in [7, 11) is 0. The molecular weight excluding hydrogens is 238 g/mol. The molecule has 19 heavy (non-hydrogen) atoms. The first-order valence-electron chi connectivity index (χ1n) is 6.83. The predicted molar refractivity (Wildman–Crippen MR) is 74.0 cm³/mol. The SMILES string of the molecule is CCCn1ccnc1CNC1COc2ccccc21. The largest absolute Gasteiger partial charge is 0.491 e. The Kier molecular flexibility index (Phi) is 3.51. The van der Waals surface area contributed by atoms with Crippen LogP contribution in [0.2, 0.25) is 0 Å². The quantitative estimate of drug-likeness (QED) is 0.894. The molecule has 0 bridgehead atoms. The Bertz CT molecular complexity index is 550. The minimum Gasteiger partial charge on any atom is -0.491 e. The van der Waals surface area contributed by atoms with Gasteiger partial charge in [-0.05, 0) is 12.5 Å². The highest BCUT2D eigenvalue weighted by atomic mass is 16.5. The second kappa shape index (κ2) is 5.45. The first kappa shape index (κ1) is 12.2. The maximum atomic E-state index is 5.67. The van der Waals surface area contributed by atoms with Crippen molar-refractivity contribution < 1.29 is 4.74 Å². The number of ether oxygens (including phenoxy) is 1. The molecule has 4 heteroatoms. The molecule has 0 saturated carbocycles. The van der Waals surface area contributed by atoms with Gasteiger partial charge < -0.3 is 9.30 Å². The van der Waals surface area contributed by atoms with Gasteiger partial charge in [-0.1, -0.05) is 25.1 Å². The van der Waals surface area contributed by atoms with Gasteiger partial charge in [0.15, 0.2) is 0 Å². The third-order valence-corrected chi connectivity index (χ3v) is 3.47. The Morgan fingerprint density at radius 3 is 3.21 bits per heavy atom. The number of para-hydroxylation sites is 1.